The van der Waals surface area contributed by atoms with E-state index in [2.05, 4.69) is 0 Å². The number of ether oxygens (including phenoxy) is 2. The molecule has 1 aliphatic carbocycles. The van der Waals surface area contributed by atoms with Gasteiger partial charge in [-0.15, -0.1) is 0 Å². The van der Waals surface area contributed by atoms with Crippen molar-refractivity contribution in [2.75, 3.05) is 6.61 Å². The first kappa shape index (κ1) is 19.6. The summed E-state index contributed by atoms with van der Waals surface area (Å²) in [5, 5.41) is 11.6. The van der Waals surface area contributed by atoms with Crippen molar-refractivity contribution in [2.45, 2.75) is 39.5 Å². The second kappa shape index (κ2) is 7.10. The summed E-state index contributed by atoms with van der Waals surface area (Å²) in [5.74, 6) is -1.81. The average molecular weight is 386 g/mol. The van der Waals surface area contributed by atoms with Crippen molar-refractivity contribution in [1.29, 1.82) is 0 Å². The van der Waals surface area contributed by atoms with Crippen LogP contribution < -0.4 is 5.73 Å². The number of ketones is 1. The van der Waals surface area contributed by atoms with Crippen LogP contribution in [-0.4, -0.2) is 23.3 Å². The van der Waals surface area contributed by atoms with Crippen LogP contribution in [0.5, 0.6) is 0 Å². The fourth-order valence-corrected chi connectivity index (χ4v) is 3.80. The molecule has 1 aliphatic heterocycles. The highest BCUT2D eigenvalue weighted by atomic mass is 16.6. The molecule has 8 nitrogen and oxygen atoms in total. The summed E-state index contributed by atoms with van der Waals surface area (Å²) in [4.78, 5) is 36.7. The van der Waals surface area contributed by atoms with E-state index in [4.69, 9.17) is 15.2 Å². The van der Waals surface area contributed by atoms with E-state index in [0.717, 1.165) is 0 Å². The van der Waals surface area contributed by atoms with Gasteiger partial charge >= 0.3 is 5.97 Å². The maximum absolute atomic E-state index is 13.0. The zero-order chi connectivity index (χ0) is 20.6. The van der Waals surface area contributed by atoms with Gasteiger partial charge in [-0.25, -0.2) is 4.79 Å². The maximum atomic E-state index is 13.0. The Kier molecular flexibility index (Phi) is 4.97. The molecule has 148 valence electrons. The predicted molar refractivity (Wildman–Crippen MR) is 99.8 cm³/mol. The molecule has 2 N–H and O–H groups in total. The third kappa shape index (κ3) is 3.37. The molecule has 0 saturated heterocycles. The summed E-state index contributed by atoms with van der Waals surface area (Å²) in [5.41, 5.74) is 5.87. The summed E-state index contributed by atoms with van der Waals surface area (Å²) in [6, 6.07) is 6.01. The first-order chi connectivity index (χ1) is 13.2. The number of nitro benzene ring substituents is 1. The normalized spacial score (nSPS) is 21.1. The molecule has 2 aliphatic rings. The van der Waals surface area contributed by atoms with Gasteiger partial charge in [-0.05, 0) is 12.3 Å². The van der Waals surface area contributed by atoms with E-state index in [1.165, 1.54) is 18.2 Å². The Morgan fingerprint density at radius 2 is 2.04 bits per heavy atom. The van der Waals surface area contributed by atoms with E-state index in [1.807, 2.05) is 13.8 Å². The van der Waals surface area contributed by atoms with E-state index >= 15 is 0 Å². The highest BCUT2D eigenvalue weighted by Gasteiger charge is 2.46. The number of esters is 1. The molecule has 1 aromatic rings. The van der Waals surface area contributed by atoms with Crippen LogP contribution in [0, 0.1) is 15.5 Å². The van der Waals surface area contributed by atoms with Gasteiger partial charge in [0.2, 0.25) is 5.88 Å². The lowest BCUT2D eigenvalue weighted by atomic mass is 9.70. The molecular formula is C20H22N2O6. The van der Waals surface area contributed by atoms with Crippen molar-refractivity contribution < 1.29 is 24.0 Å². The van der Waals surface area contributed by atoms with Crippen molar-refractivity contribution in [3.63, 3.8) is 0 Å². The monoisotopic (exact) mass is 386 g/mol. The minimum absolute atomic E-state index is 0.0806. The highest BCUT2D eigenvalue weighted by Crippen LogP contribution is 2.49. The molecule has 3 rings (SSSR count). The number of hydrogen-bond acceptors (Lipinski definition) is 7. The quantitative estimate of drug-likeness (QED) is 0.479. The van der Waals surface area contributed by atoms with Gasteiger partial charge in [0.05, 0.1) is 17.4 Å². The Bertz CT molecular complexity index is 928. The number of nitrogens with two attached hydrogens (primary N) is 1. The molecule has 0 amide bonds. The Hall–Kier alpha value is -3.16. The number of nitro groups is 1. The zero-order valence-electron chi connectivity index (χ0n) is 16.0. The van der Waals surface area contributed by atoms with Crippen molar-refractivity contribution >= 4 is 17.4 Å². The van der Waals surface area contributed by atoms with Gasteiger partial charge in [0.15, 0.2) is 5.78 Å². The number of allylic oxidation sites excluding steroid dienone is 2. The van der Waals surface area contributed by atoms with Crippen molar-refractivity contribution in [2.24, 2.45) is 11.1 Å². The number of rotatable bonds is 4. The molecule has 8 heteroatoms. The third-order valence-electron chi connectivity index (χ3n) is 4.89. The first-order valence-electron chi connectivity index (χ1n) is 9.00. The fourth-order valence-electron chi connectivity index (χ4n) is 3.80. The van der Waals surface area contributed by atoms with Gasteiger partial charge in [-0.3, -0.25) is 14.9 Å². The summed E-state index contributed by atoms with van der Waals surface area (Å²) in [6.45, 7) is 5.58. The van der Waals surface area contributed by atoms with Crippen molar-refractivity contribution in [1.82, 2.24) is 0 Å². The Labute approximate surface area is 162 Å². The molecule has 0 spiro atoms. The molecule has 1 heterocycles. The van der Waals surface area contributed by atoms with Gasteiger partial charge in [-0.2, -0.15) is 0 Å². The van der Waals surface area contributed by atoms with E-state index < -0.39 is 16.8 Å². The number of benzene rings is 1. The fraction of sp³-hybridized carbons (Fsp3) is 0.400. The minimum Gasteiger partial charge on any atom is -0.462 e. The number of nitrogens with zero attached hydrogens (tertiary/aromatic N) is 1. The third-order valence-corrected chi connectivity index (χ3v) is 4.89. The molecule has 1 atom stereocenters. The van der Waals surface area contributed by atoms with Crippen LogP contribution in [0.15, 0.2) is 47.1 Å². The van der Waals surface area contributed by atoms with E-state index in [0.29, 0.717) is 12.2 Å². The average Bonchev–Trinajstić information content (AvgIpc) is 2.59. The Morgan fingerprint density at radius 3 is 2.68 bits per heavy atom. The van der Waals surface area contributed by atoms with Gasteiger partial charge in [0.1, 0.15) is 11.3 Å². The number of hydrogen-bond donors (Lipinski definition) is 1. The summed E-state index contributed by atoms with van der Waals surface area (Å²) in [6.07, 6.45) is 0.671. The summed E-state index contributed by atoms with van der Waals surface area (Å²) < 4.78 is 10.8. The van der Waals surface area contributed by atoms with Crippen LogP contribution in [-0.2, 0) is 19.1 Å². The molecule has 0 saturated carbocycles. The second-order valence-electron chi connectivity index (χ2n) is 7.63. The molecule has 0 fully saturated rings. The largest absolute Gasteiger partial charge is 0.462 e. The van der Waals surface area contributed by atoms with Gasteiger partial charge in [-0.1, -0.05) is 32.0 Å². The SMILES string of the molecule is CCOC(=O)C1=C(N)OC2=C(C(=O)CC(C)(C)C2)[C@@H]1c1ccccc1[N+](=O)[O-]. The highest BCUT2D eigenvalue weighted by molar-refractivity contribution is 6.04. The van der Waals surface area contributed by atoms with Crippen LogP contribution in [0.1, 0.15) is 45.1 Å². The smallest absolute Gasteiger partial charge is 0.340 e. The van der Waals surface area contributed by atoms with Crippen LogP contribution >= 0.6 is 0 Å². The van der Waals surface area contributed by atoms with Gasteiger partial charge in [0.25, 0.3) is 5.69 Å². The Balaban J connectivity index is 2.26. The van der Waals surface area contributed by atoms with Crippen LogP contribution in [0.25, 0.3) is 0 Å². The van der Waals surface area contributed by atoms with E-state index in [-0.39, 0.29) is 52.5 Å². The van der Waals surface area contributed by atoms with E-state index in [1.54, 1.807) is 13.0 Å². The zero-order valence-corrected chi connectivity index (χ0v) is 16.0. The molecule has 0 radical (unpaired) electrons. The molecule has 0 unspecified atom stereocenters. The lowest BCUT2D eigenvalue weighted by Gasteiger charge is -2.37. The number of para-hydroxylation sites is 1. The molecule has 28 heavy (non-hydrogen) atoms. The summed E-state index contributed by atoms with van der Waals surface area (Å²) >= 11 is 0. The number of carbonyl (C=O) groups is 2. The standard InChI is InChI=1S/C20H22N2O6/c1-4-27-19(24)17-15(11-7-5-6-8-12(11)22(25)26)16-13(23)9-20(2,3)10-14(16)28-18(17)21/h5-8,15H,4,9-10,21H2,1-3H3/t15-/m0/s1. The molecule has 0 bridgehead atoms. The van der Waals surface area contributed by atoms with Crippen LogP contribution in [0.2, 0.25) is 0 Å². The van der Waals surface area contributed by atoms with Crippen molar-refractivity contribution in [3.8, 4) is 0 Å². The maximum Gasteiger partial charge on any atom is 0.340 e. The Morgan fingerprint density at radius 1 is 1.36 bits per heavy atom. The number of carbonyl (C=O) groups excluding carboxylic acids is 2. The lowest BCUT2D eigenvalue weighted by Crippen LogP contribution is -2.36. The summed E-state index contributed by atoms with van der Waals surface area (Å²) in [7, 11) is 0. The predicted octanol–water partition coefficient (Wildman–Crippen LogP) is 3.09. The second-order valence-corrected chi connectivity index (χ2v) is 7.63. The first-order valence-corrected chi connectivity index (χ1v) is 9.00. The number of Topliss-reactive ketones (excluding diaryl/α,β-unsaturated/α-hetero) is 1. The minimum atomic E-state index is -1.01. The van der Waals surface area contributed by atoms with Gasteiger partial charge in [0, 0.05) is 30.0 Å². The van der Waals surface area contributed by atoms with Crippen molar-refractivity contribution in [3.05, 3.63) is 62.7 Å². The van der Waals surface area contributed by atoms with Crippen LogP contribution in [0.3, 0.4) is 0 Å². The molecule has 0 aromatic heterocycles. The lowest BCUT2D eigenvalue weighted by molar-refractivity contribution is -0.385. The van der Waals surface area contributed by atoms with Gasteiger partial charge < -0.3 is 15.2 Å². The molecular weight excluding hydrogens is 364 g/mol. The molecule has 1 aromatic carbocycles. The van der Waals surface area contributed by atoms with Crippen LogP contribution in [0.4, 0.5) is 5.69 Å². The van der Waals surface area contributed by atoms with E-state index in [9.17, 15) is 19.7 Å². The topological polar surface area (TPSA) is 122 Å².